The first-order valence-corrected chi connectivity index (χ1v) is 6.35. The molecule has 0 radical (unpaired) electrons. The Morgan fingerprint density at radius 3 is 2.75 bits per heavy atom. The molecule has 1 amide bonds. The van der Waals surface area contributed by atoms with Gasteiger partial charge in [0.05, 0.1) is 18.1 Å². The zero-order chi connectivity index (χ0) is 14.5. The second-order valence-electron chi connectivity index (χ2n) is 4.51. The van der Waals surface area contributed by atoms with Gasteiger partial charge in [0.2, 0.25) is 0 Å². The number of amides is 1. The standard InChI is InChI=1S/C14H14F2N2O2/c15-14(16)20-12-5-2-1-4-11(12)13(19)18(9-3-8-17)10-6-7-10/h1-2,4-5,10,14H,3,6-7,9H2. The van der Waals surface area contributed by atoms with Gasteiger partial charge in [-0.15, -0.1) is 0 Å². The van der Waals surface area contributed by atoms with E-state index in [1.165, 1.54) is 18.2 Å². The van der Waals surface area contributed by atoms with Gasteiger partial charge >= 0.3 is 6.61 Å². The molecule has 1 aromatic carbocycles. The Bertz CT molecular complexity index is 524. The van der Waals surface area contributed by atoms with Crippen LogP contribution in [0.25, 0.3) is 0 Å². The lowest BCUT2D eigenvalue weighted by atomic mass is 10.1. The van der Waals surface area contributed by atoms with Crippen molar-refractivity contribution in [1.29, 1.82) is 5.26 Å². The second kappa shape index (κ2) is 6.33. The van der Waals surface area contributed by atoms with Crippen molar-refractivity contribution in [1.82, 2.24) is 4.90 Å². The molecule has 1 saturated carbocycles. The summed E-state index contributed by atoms with van der Waals surface area (Å²) in [6.45, 7) is -2.67. The van der Waals surface area contributed by atoms with Gasteiger partial charge in [0.1, 0.15) is 5.75 Å². The Kier molecular flexibility index (Phi) is 4.51. The van der Waals surface area contributed by atoms with E-state index in [0.717, 1.165) is 12.8 Å². The van der Waals surface area contributed by atoms with Crippen LogP contribution in [0.15, 0.2) is 24.3 Å². The van der Waals surface area contributed by atoms with E-state index in [1.54, 1.807) is 11.0 Å². The molecule has 20 heavy (non-hydrogen) atoms. The number of ether oxygens (including phenoxy) is 1. The van der Waals surface area contributed by atoms with Gasteiger partial charge in [-0.2, -0.15) is 14.0 Å². The van der Waals surface area contributed by atoms with Crippen LogP contribution in [0.4, 0.5) is 8.78 Å². The fourth-order valence-corrected chi connectivity index (χ4v) is 2.00. The monoisotopic (exact) mass is 280 g/mol. The van der Waals surface area contributed by atoms with Gasteiger partial charge in [0.15, 0.2) is 0 Å². The number of carbonyl (C=O) groups is 1. The Labute approximate surface area is 115 Å². The normalized spacial score (nSPS) is 13.9. The maximum absolute atomic E-state index is 12.4. The van der Waals surface area contributed by atoms with E-state index in [9.17, 15) is 13.6 Å². The lowest BCUT2D eigenvalue weighted by Gasteiger charge is -2.22. The number of nitriles is 1. The number of rotatable bonds is 6. The predicted octanol–water partition coefficient (Wildman–Crippen LogP) is 2.81. The summed E-state index contributed by atoms with van der Waals surface area (Å²) >= 11 is 0. The highest BCUT2D eigenvalue weighted by Gasteiger charge is 2.33. The van der Waals surface area contributed by atoms with Crippen LogP contribution in [0.5, 0.6) is 5.75 Å². The van der Waals surface area contributed by atoms with E-state index < -0.39 is 6.61 Å². The molecule has 4 nitrogen and oxygen atoms in total. The molecular weight excluding hydrogens is 266 g/mol. The number of carbonyl (C=O) groups excluding carboxylic acids is 1. The molecule has 0 spiro atoms. The van der Waals surface area contributed by atoms with Crippen LogP contribution in [0.3, 0.4) is 0 Å². The van der Waals surface area contributed by atoms with Crippen LogP contribution >= 0.6 is 0 Å². The third kappa shape index (κ3) is 3.44. The average molecular weight is 280 g/mol. The second-order valence-corrected chi connectivity index (χ2v) is 4.51. The minimum Gasteiger partial charge on any atom is -0.434 e. The Balaban J connectivity index is 2.20. The molecule has 0 aliphatic heterocycles. The van der Waals surface area contributed by atoms with Crippen LogP contribution < -0.4 is 4.74 Å². The predicted molar refractivity (Wildman–Crippen MR) is 67.4 cm³/mol. The van der Waals surface area contributed by atoms with Crippen molar-refractivity contribution in [2.75, 3.05) is 6.54 Å². The van der Waals surface area contributed by atoms with Crippen LogP contribution in [-0.2, 0) is 0 Å². The molecule has 0 heterocycles. The van der Waals surface area contributed by atoms with Crippen molar-refractivity contribution in [2.45, 2.75) is 31.9 Å². The van der Waals surface area contributed by atoms with E-state index >= 15 is 0 Å². The number of hydrogen-bond acceptors (Lipinski definition) is 3. The van der Waals surface area contributed by atoms with Crippen molar-refractivity contribution in [2.24, 2.45) is 0 Å². The first-order valence-electron chi connectivity index (χ1n) is 6.35. The molecule has 6 heteroatoms. The SMILES string of the molecule is N#CCCN(C(=O)c1ccccc1OC(F)F)C1CC1. The van der Waals surface area contributed by atoms with Gasteiger partial charge in [-0.3, -0.25) is 4.79 Å². The molecule has 0 saturated heterocycles. The molecule has 0 N–H and O–H groups in total. The first kappa shape index (κ1) is 14.3. The van der Waals surface area contributed by atoms with Gasteiger partial charge < -0.3 is 9.64 Å². The highest BCUT2D eigenvalue weighted by molar-refractivity contribution is 5.97. The van der Waals surface area contributed by atoms with E-state index in [0.29, 0.717) is 6.54 Å². The summed E-state index contributed by atoms with van der Waals surface area (Å²) in [6.07, 6.45) is 1.99. The molecule has 0 bridgehead atoms. The van der Waals surface area contributed by atoms with Gasteiger partial charge in [-0.25, -0.2) is 0 Å². The molecule has 1 aromatic rings. The fourth-order valence-electron chi connectivity index (χ4n) is 2.00. The zero-order valence-corrected chi connectivity index (χ0v) is 10.8. The summed E-state index contributed by atoms with van der Waals surface area (Å²) in [5.41, 5.74) is 0.109. The summed E-state index contributed by atoms with van der Waals surface area (Å²) in [4.78, 5) is 14.0. The van der Waals surface area contributed by atoms with Crippen molar-refractivity contribution < 1.29 is 18.3 Å². The number of hydrogen-bond donors (Lipinski definition) is 0. The summed E-state index contributed by atoms with van der Waals surface area (Å²) in [5, 5.41) is 8.63. The zero-order valence-electron chi connectivity index (χ0n) is 10.8. The van der Waals surface area contributed by atoms with E-state index in [-0.39, 0.29) is 29.7 Å². The summed E-state index contributed by atoms with van der Waals surface area (Å²) in [7, 11) is 0. The Morgan fingerprint density at radius 1 is 1.45 bits per heavy atom. The maximum Gasteiger partial charge on any atom is 0.387 e. The molecule has 2 rings (SSSR count). The van der Waals surface area contributed by atoms with Crippen LogP contribution in [-0.4, -0.2) is 30.0 Å². The lowest BCUT2D eigenvalue weighted by Crippen LogP contribution is -2.34. The number of benzene rings is 1. The molecular formula is C14H14F2N2O2. The minimum absolute atomic E-state index is 0.107. The number of halogens is 2. The van der Waals surface area contributed by atoms with Gasteiger partial charge in [0.25, 0.3) is 5.91 Å². The molecule has 1 aliphatic carbocycles. The first-order chi connectivity index (χ1) is 9.63. The molecule has 0 atom stereocenters. The van der Waals surface area contributed by atoms with E-state index in [4.69, 9.17) is 5.26 Å². The van der Waals surface area contributed by atoms with Gasteiger partial charge in [-0.05, 0) is 25.0 Å². The minimum atomic E-state index is -2.97. The lowest BCUT2D eigenvalue weighted by molar-refractivity contribution is -0.0502. The van der Waals surface area contributed by atoms with Crippen molar-refractivity contribution in [3.63, 3.8) is 0 Å². The van der Waals surface area contributed by atoms with Crippen molar-refractivity contribution >= 4 is 5.91 Å². The van der Waals surface area contributed by atoms with E-state index in [2.05, 4.69) is 4.74 Å². The molecule has 1 fully saturated rings. The number of para-hydroxylation sites is 1. The molecule has 0 aromatic heterocycles. The molecule has 1 aliphatic rings. The maximum atomic E-state index is 12.4. The smallest absolute Gasteiger partial charge is 0.387 e. The third-order valence-corrected chi connectivity index (χ3v) is 3.05. The fraction of sp³-hybridized carbons (Fsp3) is 0.429. The third-order valence-electron chi connectivity index (χ3n) is 3.05. The highest BCUT2D eigenvalue weighted by Crippen LogP contribution is 2.30. The molecule has 106 valence electrons. The van der Waals surface area contributed by atoms with Crippen LogP contribution in [0, 0.1) is 11.3 Å². The summed E-state index contributed by atoms with van der Waals surface area (Å²) < 4.78 is 29.1. The van der Waals surface area contributed by atoms with E-state index in [1.807, 2.05) is 6.07 Å². The quantitative estimate of drug-likeness (QED) is 0.805. The highest BCUT2D eigenvalue weighted by atomic mass is 19.3. The summed E-state index contributed by atoms with van der Waals surface area (Å²) in [6, 6.07) is 8.03. The van der Waals surface area contributed by atoms with Gasteiger partial charge in [-0.1, -0.05) is 12.1 Å². The molecule has 0 unspecified atom stereocenters. The number of alkyl halides is 2. The van der Waals surface area contributed by atoms with Crippen molar-refractivity contribution in [3.8, 4) is 11.8 Å². The van der Waals surface area contributed by atoms with Crippen LogP contribution in [0.1, 0.15) is 29.6 Å². The number of nitrogens with zero attached hydrogens (tertiary/aromatic N) is 2. The van der Waals surface area contributed by atoms with Crippen molar-refractivity contribution in [3.05, 3.63) is 29.8 Å². The average Bonchev–Trinajstić information content (AvgIpc) is 3.23. The Hall–Kier alpha value is -2.16. The largest absolute Gasteiger partial charge is 0.434 e. The Morgan fingerprint density at radius 2 is 2.15 bits per heavy atom. The van der Waals surface area contributed by atoms with Gasteiger partial charge in [0, 0.05) is 12.6 Å². The van der Waals surface area contributed by atoms with Crippen LogP contribution in [0.2, 0.25) is 0 Å². The summed E-state index contributed by atoms with van der Waals surface area (Å²) in [5.74, 6) is -0.492. The topological polar surface area (TPSA) is 53.3 Å².